The van der Waals surface area contributed by atoms with Crippen molar-refractivity contribution in [3.63, 3.8) is 0 Å². The molecule has 0 spiro atoms. The fourth-order valence-corrected chi connectivity index (χ4v) is 3.70. The second-order valence-electron chi connectivity index (χ2n) is 5.26. The van der Waals surface area contributed by atoms with Gasteiger partial charge in [-0.05, 0) is 19.1 Å². The Morgan fingerprint density at radius 2 is 2.00 bits per heavy atom. The zero-order chi connectivity index (χ0) is 14.8. The van der Waals surface area contributed by atoms with Crippen molar-refractivity contribution in [2.75, 3.05) is 30.0 Å². The van der Waals surface area contributed by atoms with Crippen LogP contribution in [0.4, 0.5) is 5.69 Å². The van der Waals surface area contributed by atoms with Crippen molar-refractivity contribution in [3.8, 4) is 0 Å². The largest absolute Gasteiger partial charge is 0.315 e. The Labute approximate surface area is 119 Å². The van der Waals surface area contributed by atoms with E-state index >= 15 is 0 Å². The lowest BCUT2D eigenvalue weighted by atomic mass is 10.2. The van der Waals surface area contributed by atoms with Crippen molar-refractivity contribution < 1.29 is 13.2 Å². The fraction of sp³-hybridized carbons (Fsp3) is 0.500. The molecular weight excluding hydrogens is 276 g/mol. The van der Waals surface area contributed by atoms with Gasteiger partial charge in [-0.3, -0.25) is 4.79 Å². The van der Waals surface area contributed by atoms with E-state index in [4.69, 9.17) is 0 Å². The van der Waals surface area contributed by atoms with Gasteiger partial charge in [-0.25, -0.2) is 8.42 Å². The first-order valence-corrected chi connectivity index (χ1v) is 8.46. The van der Waals surface area contributed by atoms with Gasteiger partial charge < -0.3 is 10.2 Å². The molecule has 1 amide bonds. The van der Waals surface area contributed by atoms with E-state index in [0.29, 0.717) is 6.54 Å². The number of nitrogens with zero attached hydrogens (tertiary/aromatic N) is 1. The molecule has 1 heterocycles. The summed E-state index contributed by atoms with van der Waals surface area (Å²) < 4.78 is 23.1. The van der Waals surface area contributed by atoms with E-state index in [1.54, 1.807) is 11.9 Å². The number of rotatable bonds is 3. The SMILES string of the molecule is Cc1ccc(N(C)C(=O)CC2CS(=O)(=O)CCN2)cc1. The number of anilines is 1. The van der Waals surface area contributed by atoms with Gasteiger partial charge in [-0.15, -0.1) is 0 Å². The van der Waals surface area contributed by atoms with Crippen LogP contribution in [0.1, 0.15) is 12.0 Å². The van der Waals surface area contributed by atoms with Gasteiger partial charge in [-0.1, -0.05) is 17.7 Å². The van der Waals surface area contributed by atoms with Crippen molar-refractivity contribution in [2.45, 2.75) is 19.4 Å². The molecule has 1 unspecified atom stereocenters. The zero-order valence-electron chi connectivity index (χ0n) is 11.8. The molecule has 1 N–H and O–H groups in total. The molecule has 6 heteroatoms. The summed E-state index contributed by atoms with van der Waals surface area (Å²) in [5, 5.41) is 3.09. The molecule has 5 nitrogen and oxygen atoms in total. The number of hydrogen-bond acceptors (Lipinski definition) is 4. The number of hydrogen-bond donors (Lipinski definition) is 1. The minimum Gasteiger partial charge on any atom is -0.315 e. The molecular formula is C14H20N2O3S. The number of carbonyl (C=O) groups is 1. The van der Waals surface area contributed by atoms with Crippen molar-refractivity contribution >= 4 is 21.4 Å². The number of nitrogens with one attached hydrogen (secondary N) is 1. The third kappa shape index (κ3) is 3.80. The van der Waals surface area contributed by atoms with Crippen LogP contribution in [0.2, 0.25) is 0 Å². The third-order valence-corrected chi connectivity index (χ3v) is 5.25. The number of sulfone groups is 1. The summed E-state index contributed by atoms with van der Waals surface area (Å²) in [5.74, 6) is 0.120. The number of carbonyl (C=O) groups excluding carboxylic acids is 1. The average molecular weight is 296 g/mol. The van der Waals surface area contributed by atoms with Crippen LogP contribution in [-0.2, 0) is 14.6 Å². The Morgan fingerprint density at radius 3 is 2.60 bits per heavy atom. The molecule has 1 aromatic rings. The van der Waals surface area contributed by atoms with Gasteiger partial charge in [0.05, 0.1) is 11.5 Å². The predicted molar refractivity (Wildman–Crippen MR) is 79.7 cm³/mol. The average Bonchev–Trinajstić information content (AvgIpc) is 2.37. The van der Waals surface area contributed by atoms with Gasteiger partial charge in [0, 0.05) is 31.7 Å². The monoisotopic (exact) mass is 296 g/mol. The van der Waals surface area contributed by atoms with Crippen molar-refractivity contribution in [3.05, 3.63) is 29.8 Å². The summed E-state index contributed by atoms with van der Waals surface area (Å²) in [6.07, 6.45) is 0.198. The topological polar surface area (TPSA) is 66.5 Å². The maximum Gasteiger partial charge on any atom is 0.228 e. The first kappa shape index (κ1) is 15.0. The molecule has 2 rings (SSSR count). The van der Waals surface area contributed by atoms with Crippen LogP contribution in [0.5, 0.6) is 0 Å². The fourth-order valence-electron chi connectivity index (χ4n) is 2.26. The van der Waals surface area contributed by atoms with Crippen LogP contribution in [-0.4, -0.2) is 45.5 Å². The third-order valence-electron chi connectivity index (χ3n) is 3.52. The maximum absolute atomic E-state index is 12.2. The van der Waals surface area contributed by atoms with Crippen molar-refractivity contribution in [1.29, 1.82) is 0 Å². The normalized spacial score (nSPS) is 21.4. The van der Waals surface area contributed by atoms with E-state index in [2.05, 4.69) is 5.32 Å². The van der Waals surface area contributed by atoms with Crippen LogP contribution < -0.4 is 10.2 Å². The van der Waals surface area contributed by atoms with E-state index in [9.17, 15) is 13.2 Å². The molecule has 0 aliphatic carbocycles. The van der Waals surface area contributed by atoms with E-state index in [1.165, 1.54) is 0 Å². The molecule has 1 aliphatic rings. The molecule has 110 valence electrons. The number of amides is 1. The second kappa shape index (κ2) is 5.93. The molecule has 1 saturated heterocycles. The molecule has 0 saturated carbocycles. The molecule has 1 fully saturated rings. The number of benzene rings is 1. The summed E-state index contributed by atoms with van der Waals surface area (Å²) in [6.45, 7) is 2.41. The quantitative estimate of drug-likeness (QED) is 0.893. The molecule has 0 bridgehead atoms. The summed E-state index contributed by atoms with van der Waals surface area (Å²) in [6, 6.07) is 7.38. The number of aryl methyl sites for hydroxylation is 1. The van der Waals surface area contributed by atoms with Crippen LogP contribution >= 0.6 is 0 Å². The first-order valence-electron chi connectivity index (χ1n) is 6.64. The summed E-state index contributed by atoms with van der Waals surface area (Å²) in [4.78, 5) is 13.8. The molecule has 1 aromatic carbocycles. The van der Waals surface area contributed by atoms with Crippen LogP contribution in [0, 0.1) is 6.92 Å². The Balaban J connectivity index is 1.99. The molecule has 20 heavy (non-hydrogen) atoms. The van der Waals surface area contributed by atoms with E-state index in [0.717, 1.165) is 11.3 Å². The summed E-state index contributed by atoms with van der Waals surface area (Å²) >= 11 is 0. The van der Waals surface area contributed by atoms with E-state index in [1.807, 2.05) is 31.2 Å². The lowest BCUT2D eigenvalue weighted by Crippen LogP contribution is -2.47. The molecule has 1 atom stereocenters. The Kier molecular flexibility index (Phi) is 4.45. The lowest BCUT2D eigenvalue weighted by Gasteiger charge is -2.25. The van der Waals surface area contributed by atoms with Crippen LogP contribution in [0.3, 0.4) is 0 Å². The van der Waals surface area contributed by atoms with Gasteiger partial charge >= 0.3 is 0 Å². The Morgan fingerprint density at radius 1 is 1.35 bits per heavy atom. The van der Waals surface area contributed by atoms with Gasteiger partial charge in [-0.2, -0.15) is 0 Å². The summed E-state index contributed by atoms with van der Waals surface area (Å²) in [7, 11) is -1.29. The van der Waals surface area contributed by atoms with Gasteiger partial charge in [0.2, 0.25) is 5.91 Å². The minimum absolute atomic E-state index is 0.0421. The maximum atomic E-state index is 12.2. The summed E-state index contributed by atoms with van der Waals surface area (Å²) in [5.41, 5.74) is 1.95. The van der Waals surface area contributed by atoms with Gasteiger partial charge in [0.25, 0.3) is 0 Å². The van der Waals surface area contributed by atoms with Gasteiger partial charge in [0.15, 0.2) is 9.84 Å². The van der Waals surface area contributed by atoms with Gasteiger partial charge in [0.1, 0.15) is 0 Å². The highest BCUT2D eigenvalue weighted by Gasteiger charge is 2.27. The highest BCUT2D eigenvalue weighted by atomic mass is 32.2. The highest BCUT2D eigenvalue weighted by Crippen LogP contribution is 2.15. The Hall–Kier alpha value is -1.40. The first-order chi connectivity index (χ1) is 9.37. The van der Waals surface area contributed by atoms with Crippen LogP contribution in [0.15, 0.2) is 24.3 Å². The lowest BCUT2D eigenvalue weighted by molar-refractivity contribution is -0.118. The highest BCUT2D eigenvalue weighted by molar-refractivity contribution is 7.91. The standard InChI is InChI=1S/C14H20N2O3S/c1-11-3-5-13(6-4-11)16(2)14(17)9-12-10-20(18,19)8-7-15-12/h3-6,12,15H,7-10H2,1-2H3. The molecule has 1 aliphatic heterocycles. The van der Waals surface area contributed by atoms with E-state index in [-0.39, 0.29) is 29.9 Å². The second-order valence-corrected chi connectivity index (χ2v) is 7.49. The van der Waals surface area contributed by atoms with Crippen LogP contribution in [0.25, 0.3) is 0 Å². The zero-order valence-corrected chi connectivity index (χ0v) is 12.6. The minimum atomic E-state index is -3.01. The Bertz CT molecular complexity index is 581. The molecule has 0 aromatic heterocycles. The van der Waals surface area contributed by atoms with Crippen molar-refractivity contribution in [2.24, 2.45) is 0 Å². The molecule has 0 radical (unpaired) electrons. The smallest absolute Gasteiger partial charge is 0.228 e. The van der Waals surface area contributed by atoms with E-state index < -0.39 is 9.84 Å². The predicted octanol–water partition coefficient (Wildman–Crippen LogP) is 0.735. The van der Waals surface area contributed by atoms with Crippen molar-refractivity contribution in [1.82, 2.24) is 5.32 Å².